The third-order valence-corrected chi connectivity index (χ3v) is 3.78. The SMILES string of the molecule is CCCCCCNc1ncccc1C(=N)c1ccc(OC)cc1. The predicted molar refractivity (Wildman–Crippen MR) is 95.8 cm³/mol. The first-order valence-electron chi connectivity index (χ1n) is 8.18. The quantitative estimate of drug-likeness (QED) is 0.529. The summed E-state index contributed by atoms with van der Waals surface area (Å²) in [7, 11) is 1.64. The van der Waals surface area contributed by atoms with Crippen molar-refractivity contribution < 1.29 is 4.74 Å². The van der Waals surface area contributed by atoms with Gasteiger partial charge in [0.15, 0.2) is 0 Å². The molecule has 1 aromatic heterocycles. The lowest BCUT2D eigenvalue weighted by Gasteiger charge is -2.12. The van der Waals surface area contributed by atoms with Crippen LogP contribution in [0.4, 0.5) is 5.82 Å². The molecule has 1 heterocycles. The Morgan fingerprint density at radius 1 is 1.13 bits per heavy atom. The highest BCUT2D eigenvalue weighted by molar-refractivity contribution is 6.13. The standard InChI is InChI=1S/C19H25N3O/c1-3-4-5-6-13-21-19-17(8-7-14-22-19)18(20)15-9-11-16(23-2)12-10-15/h7-12,14,20H,3-6,13H2,1-2H3,(H,21,22). The Balaban J connectivity index is 2.07. The van der Waals surface area contributed by atoms with Crippen molar-refractivity contribution in [1.29, 1.82) is 5.41 Å². The molecule has 0 aliphatic carbocycles. The van der Waals surface area contributed by atoms with Gasteiger partial charge in [-0.15, -0.1) is 0 Å². The van der Waals surface area contributed by atoms with Gasteiger partial charge in [-0.1, -0.05) is 26.2 Å². The molecule has 122 valence electrons. The number of ether oxygens (including phenoxy) is 1. The Morgan fingerprint density at radius 3 is 2.61 bits per heavy atom. The molecule has 0 radical (unpaired) electrons. The van der Waals surface area contributed by atoms with E-state index in [0.29, 0.717) is 5.71 Å². The van der Waals surface area contributed by atoms with Gasteiger partial charge in [-0.25, -0.2) is 4.98 Å². The first-order chi connectivity index (χ1) is 11.3. The van der Waals surface area contributed by atoms with Crippen LogP contribution in [0, 0.1) is 5.41 Å². The molecule has 23 heavy (non-hydrogen) atoms. The number of nitrogens with zero attached hydrogens (tertiary/aromatic N) is 1. The van der Waals surface area contributed by atoms with Crippen molar-refractivity contribution in [3.63, 3.8) is 0 Å². The van der Waals surface area contributed by atoms with Gasteiger partial charge in [0.2, 0.25) is 0 Å². The van der Waals surface area contributed by atoms with E-state index in [1.807, 2.05) is 36.4 Å². The molecule has 0 saturated carbocycles. The maximum absolute atomic E-state index is 8.46. The van der Waals surface area contributed by atoms with Gasteiger partial charge in [-0.2, -0.15) is 0 Å². The van der Waals surface area contributed by atoms with Crippen molar-refractivity contribution in [2.24, 2.45) is 0 Å². The molecule has 1 aromatic carbocycles. The molecule has 2 aromatic rings. The van der Waals surface area contributed by atoms with Crippen LogP contribution in [0.5, 0.6) is 5.75 Å². The van der Waals surface area contributed by atoms with Gasteiger partial charge in [-0.05, 0) is 42.8 Å². The van der Waals surface area contributed by atoms with Crippen LogP contribution in [0.2, 0.25) is 0 Å². The number of methoxy groups -OCH3 is 1. The van der Waals surface area contributed by atoms with Crippen LogP contribution in [0.3, 0.4) is 0 Å². The average Bonchev–Trinajstić information content (AvgIpc) is 2.61. The summed E-state index contributed by atoms with van der Waals surface area (Å²) in [5.74, 6) is 1.58. The topological polar surface area (TPSA) is 58.0 Å². The highest BCUT2D eigenvalue weighted by atomic mass is 16.5. The Kier molecular flexibility index (Phi) is 6.60. The molecular weight excluding hydrogens is 286 g/mol. The zero-order valence-corrected chi connectivity index (χ0v) is 13.9. The summed E-state index contributed by atoms with van der Waals surface area (Å²) in [6.07, 6.45) is 6.61. The maximum Gasteiger partial charge on any atom is 0.135 e. The van der Waals surface area contributed by atoms with Crippen molar-refractivity contribution in [3.8, 4) is 5.75 Å². The monoisotopic (exact) mass is 311 g/mol. The zero-order chi connectivity index (χ0) is 16.5. The van der Waals surface area contributed by atoms with Crippen molar-refractivity contribution in [2.75, 3.05) is 19.0 Å². The fourth-order valence-electron chi connectivity index (χ4n) is 2.42. The van der Waals surface area contributed by atoms with E-state index in [-0.39, 0.29) is 0 Å². The van der Waals surface area contributed by atoms with E-state index in [0.717, 1.165) is 35.7 Å². The number of benzene rings is 1. The normalized spacial score (nSPS) is 10.3. The molecule has 0 amide bonds. The van der Waals surface area contributed by atoms with Crippen molar-refractivity contribution in [3.05, 3.63) is 53.7 Å². The molecule has 0 aliphatic heterocycles. The number of aromatic nitrogens is 1. The molecule has 4 heteroatoms. The number of nitrogens with one attached hydrogen (secondary N) is 2. The molecule has 0 saturated heterocycles. The summed E-state index contributed by atoms with van der Waals surface area (Å²) < 4.78 is 5.17. The van der Waals surface area contributed by atoms with E-state index in [2.05, 4.69) is 17.2 Å². The molecule has 0 unspecified atom stereocenters. The van der Waals surface area contributed by atoms with Gasteiger partial charge in [0.05, 0.1) is 12.8 Å². The lowest BCUT2D eigenvalue weighted by molar-refractivity contribution is 0.415. The molecule has 0 atom stereocenters. The van der Waals surface area contributed by atoms with E-state index in [9.17, 15) is 0 Å². The Bertz CT molecular complexity index is 623. The fraction of sp³-hybridized carbons (Fsp3) is 0.368. The van der Waals surface area contributed by atoms with Crippen LogP contribution in [-0.4, -0.2) is 24.4 Å². The van der Waals surface area contributed by atoms with Crippen LogP contribution in [0.15, 0.2) is 42.6 Å². The van der Waals surface area contributed by atoms with Gasteiger partial charge >= 0.3 is 0 Å². The summed E-state index contributed by atoms with van der Waals surface area (Å²) in [5, 5.41) is 11.8. The fourth-order valence-corrected chi connectivity index (χ4v) is 2.42. The average molecular weight is 311 g/mol. The molecular formula is C19H25N3O. The number of hydrogen-bond donors (Lipinski definition) is 2. The van der Waals surface area contributed by atoms with E-state index in [1.165, 1.54) is 19.3 Å². The summed E-state index contributed by atoms with van der Waals surface area (Å²) in [6, 6.07) is 11.4. The summed E-state index contributed by atoms with van der Waals surface area (Å²) in [6.45, 7) is 3.10. The van der Waals surface area contributed by atoms with E-state index in [4.69, 9.17) is 10.1 Å². The number of anilines is 1. The first-order valence-corrected chi connectivity index (χ1v) is 8.18. The van der Waals surface area contributed by atoms with Crippen molar-refractivity contribution >= 4 is 11.5 Å². The highest BCUT2D eigenvalue weighted by Crippen LogP contribution is 2.19. The maximum atomic E-state index is 8.46. The lowest BCUT2D eigenvalue weighted by Crippen LogP contribution is -2.10. The highest BCUT2D eigenvalue weighted by Gasteiger charge is 2.10. The minimum absolute atomic E-state index is 0.469. The number of rotatable bonds is 9. The molecule has 4 nitrogen and oxygen atoms in total. The largest absolute Gasteiger partial charge is 0.497 e. The van der Waals surface area contributed by atoms with Crippen LogP contribution in [0.25, 0.3) is 0 Å². The molecule has 0 aliphatic rings. The zero-order valence-electron chi connectivity index (χ0n) is 13.9. The predicted octanol–water partition coefficient (Wildman–Crippen LogP) is 4.50. The minimum Gasteiger partial charge on any atom is -0.497 e. The third kappa shape index (κ3) is 4.81. The second kappa shape index (κ2) is 8.93. The lowest BCUT2D eigenvalue weighted by atomic mass is 10.0. The Labute approximate surface area is 138 Å². The van der Waals surface area contributed by atoms with Crippen molar-refractivity contribution in [1.82, 2.24) is 4.98 Å². The molecule has 0 fully saturated rings. The van der Waals surface area contributed by atoms with E-state index in [1.54, 1.807) is 13.3 Å². The first kappa shape index (κ1) is 17.0. The van der Waals surface area contributed by atoms with Crippen LogP contribution in [-0.2, 0) is 0 Å². The second-order valence-corrected chi connectivity index (χ2v) is 5.49. The Morgan fingerprint density at radius 2 is 1.91 bits per heavy atom. The van der Waals surface area contributed by atoms with Gasteiger partial charge in [-0.3, -0.25) is 5.41 Å². The van der Waals surface area contributed by atoms with E-state index < -0.39 is 0 Å². The molecule has 0 bridgehead atoms. The van der Waals surface area contributed by atoms with Crippen LogP contribution >= 0.6 is 0 Å². The number of hydrogen-bond acceptors (Lipinski definition) is 4. The van der Waals surface area contributed by atoms with Crippen LogP contribution < -0.4 is 10.1 Å². The third-order valence-electron chi connectivity index (χ3n) is 3.78. The number of unbranched alkanes of at least 4 members (excludes halogenated alkanes) is 3. The van der Waals surface area contributed by atoms with Gasteiger partial charge in [0, 0.05) is 23.9 Å². The minimum atomic E-state index is 0.469. The van der Waals surface area contributed by atoms with Gasteiger partial charge in [0.25, 0.3) is 0 Å². The van der Waals surface area contributed by atoms with Crippen LogP contribution in [0.1, 0.15) is 43.7 Å². The summed E-state index contributed by atoms with van der Waals surface area (Å²) >= 11 is 0. The second-order valence-electron chi connectivity index (χ2n) is 5.49. The van der Waals surface area contributed by atoms with Gasteiger partial charge < -0.3 is 10.1 Å². The van der Waals surface area contributed by atoms with Crippen molar-refractivity contribution in [2.45, 2.75) is 32.6 Å². The van der Waals surface area contributed by atoms with E-state index >= 15 is 0 Å². The number of pyridine rings is 1. The van der Waals surface area contributed by atoms with Gasteiger partial charge in [0.1, 0.15) is 11.6 Å². The smallest absolute Gasteiger partial charge is 0.135 e. The summed E-state index contributed by atoms with van der Waals surface area (Å²) in [4.78, 5) is 4.40. The molecule has 0 spiro atoms. The molecule has 2 rings (SSSR count). The summed E-state index contributed by atoms with van der Waals surface area (Å²) in [5.41, 5.74) is 2.15. The molecule has 2 N–H and O–H groups in total. The Hall–Kier alpha value is -2.36.